The normalized spacial score (nSPS) is 24.3. The monoisotopic (exact) mass is 284 g/mol. The molecule has 0 N–H and O–H groups in total. The van der Waals surface area contributed by atoms with Gasteiger partial charge in [-0.1, -0.05) is 43.2 Å². The van der Waals surface area contributed by atoms with Crippen LogP contribution in [-0.2, 0) is 25.6 Å². The van der Waals surface area contributed by atoms with Crippen LogP contribution in [0.15, 0.2) is 30.3 Å². The summed E-state index contributed by atoms with van der Waals surface area (Å²) < 4.78 is 33.4. The van der Waals surface area contributed by atoms with Crippen molar-refractivity contribution in [2.75, 3.05) is 6.26 Å². The zero-order valence-electron chi connectivity index (χ0n) is 11.1. The first kappa shape index (κ1) is 14.5. The average Bonchev–Trinajstić information content (AvgIpc) is 2.37. The summed E-state index contributed by atoms with van der Waals surface area (Å²) in [6.07, 6.45) is 4.26. The van der Waals surface area contributed by atoms with Crippen molar-refractivity contribution in [1.29, 1.82) is 0 Å². The molecule has 1 aromatic rings. The standard InChI is InChI=1S/C14H20O4S/c1-19(15,16)18-14-10-6-5-9-13(14)17-11-12-7-3-2-4-8-12/h2-4,7-8,13-14H,5-6,9-11H2,1H3/t13-,14+/m1/s1. The molecule has 106 valence electrons. The fraction of sp³-hybridized carbons (Fsp3) is 0.571. The van der Waals surface area contributed by atoms with Gasteiger partial charge in [-0.05, 0) is 18.4 Å². The van der Waals surface area contributed by atoms with Crippen molar-refractivity contribution in [3.8, 4) is 0 Å². The Morgan fingerprint density at radius 2 is 1.74 bits per heavy atom. The lowest BCUT2D eigenvalue weighted by Gasteiger charge is -2.30. The van der Waals surface area contributed by atoms with Gasteiger partial charge in [-0.25, -0.2) is 0 Å². The van der Waals surface area contributed by atoms with Gasteiger partial charge in [0.15, 0.2) is 0 Å². The van der Waals surface area contributed by atoms with Gasteiger partial charge < -0.3 is 4.74 Å². The van der Waals surface area contributed by atoms with Gasteiger partial charge in [0.25, 0.3) is 10.1 Å². The lowest BCUT2D eigenvalue weighted by molar-refractivity contribution is -0.0530. The number of hydrogen-bond acceptors (Lipinski definition) is 4. The highest BCUT2D eigenvalue weighted by Crippen LogP contribution is 2.25. The zero-order chi connectivity index (χ0) is 13.7. The number of hydrogen-bond donors (Lipinski definition) is 0. The van der Waals surface area contributed by atoms with Gasteiger partial charge in [0.05, 0.1) is 19.0 Å². The minimum atomic E-state index is -3.42. The van der Waals surface area contributed by atoms with Crippen molar-refractivity contribution >= 4 is 10.1 Å². The summed E-state index contributed by atoms with van der Waals surface area (Å²) in [5, 5.41) is 0. The predicted octanol–water partition coefficient (Wildman–Crippen LogP) is 2.49. The number of benzene rings is 1. The molecule has 0 aromatic heterocycles. The Bertz CT molecular complexity index is 483. The van der Waals surface area contributed by atoms with Gasteiger partial charge >= 0.3 is 0 Å². The molecule has 0 amide bonds. The molecule has 1 fully saturated rings. The maximum atomic E-state index is 11.2. The van der Waals surface area contributed by atoms with Gasteiger partial charge in [0.2, 0.25) is 0 Å². The highest BCUT2D eigenvalue weighted by atomic mass is 32.2. The Kier molecular flexibility index (Phi) is 4.96. The van der Waals surface area contributed by atoms with E-state index in [1.54, 1.807) is 0 Å². The molecular formula is C14H20O4S. The molecule has 2 atom stereocenters. The summed E-state index contributed by atoms with van der Waals surface area (Å²) >= 11 is 0. The average molecular weight is 284 g/mol. The molecular weight excluding hydrogens is 264 g/mol. The summed E-state index contributed by atoms with van der Waals surface area (Å²) in [7, 11) is -3.42. The topological polar surface area (TPSA) is 52.6 Å². The third kappa shape index (κ3) is 4.93. The molecule has 5 heteroatoms. The molecule has 1 aliphatic carbocycles. The van der Waals surface area contributed by atoms with Crippen molar-refractivity contribution in [3.63, 3.8) is 0 Å². The molecule has 0 aliphatic heterocycles. The van der Waals surface area contributed by atoms with Crippen LogP contribution < -0.4 is 0 Å². The Balaban J connectivity index is 1.92. The van der Waals surface area contributed by atoms with Gasteiger partial charge in [0, 0.05) is 0 Å². The fourth-order valence-corrected chi connectivity index (χ4v) is 3.03. The molecule has 4 nitrogen and oxygen atoms in total. The molecule has 1 aliphatic rings. The van der Waals surface area contributed by atoms with E-state index in [-0.39, 0.29) is 12.2 Å². The van der Waals surface area contributed by atoms with Crippen LogP contribution in [-0.4, -0.2) is 26.9 Å². The van der Waals surface area contributed by atoms with E-state index in [0.717, 1.165) is 37.5 Å². The molecule has 0 heterocycles. The smallest absolute Gasteiger partial charge is 0.264 e. The van der Waals surface area contributed by atoms with Crippen LogP contribution in [0, 0.1) is 0 Å². The summed E-state index contributed by atoms with van der Waals surface area (Å²) in [6.45, 7) is 0.495. The molecule has 0 unspecified atom stereocenters. The van der Waals surface area contributed by atoms with Crippen LogP contribution in [0.4, 0.5) is 0 Å². The second-order valence-electron chi connectivity index (χ2n) is 4.96. The summed E-state index contributed by atoms with van der Waals surface area (Å²) in [6, 6.07) is 9.87. The Labute approximate surface area is 114 Å². The van der Waals surface area contributed by atoms with E-state index in [1.165, 1.54) is 0 Å². The second-order valence-corrected chi connectivity index (χ2v) is 6.56. The SMILES string of the molecule is CS(=O)(=O)O[C@H]1CCCC[C@H]1OCc1ccccc1. The molecule has 1 saturated carbocycles. The van der Waals surface area contributed by atoms with Crippen LogP contribution in [0.1, 0.15) is 31.2 Å². The van der Waals surface area contributed by atoms with E-state index in [9.17, 15) is 8.42 Å². The van der Waals surface area contributed by atoms with Gasteiger partial charge in [0.1, 0.15) is 6.10 Å². The molecule has 0 spiro atoms. The Morgan fingerprint density at radius 1 is 1.11 bits per heavy atom. The van der Waals surface area contributed by atoms with Crippen LogP contribution in [0.3, 0.4) is 0 Å². The minimum Gasteiger partial charge on any atom is -0.371 e. The van der Waals surface area contributed by atoms with E-state index >= 15 is 0 Å². The van der Waals surface area contributed by atoms with Crippen molar-refractivity contribution in [3.05, 3.63) is 35.9 Å². The van der Waals surface area contributed by atoms with E-state index in [4.69, 9.17) is 8.92 Å². The van der Waals surface area contributed by atoms with E-state index < -0.39 is 10.1 Å². The van der Waals surface area contributed by atoms with Gasteiger partial charge in [-0.15, -0.1) is 0 Å². The Morgan fingerprint density at radius 3 is 2.37 bits per heavy atom. The lowest BCUT2D eigenvalue weighted by Crippen LogP contribution is -2.36. The van der Waals surface area contributed by atoms with Crippen molar-refractivity contribution in [2.45, 2.75) is 44.5 Å². The van der Waals surface area contributed by atoms with Gasteiger partial charge in [-0.3, -0.25) is 4.18 Å². The molecule has 2 rings (SSSR count). The number of ether oxygens (including phenoxy) is 1. The molecule has 1 aromatic carbocycles. The highest BCUT2D eigenvalue weighted by molar-refractivity contribution is 7.86. The third-order valence-corrected chi connectivity index (χ3v) is 3.84. The maximum absolute atomic E-state index is 11.2. The van der Waals surface area contributed by atoms with Crippen LogP contribution in [0.2, 0.25) is 0 Å². The predicted molar refractivity (Wildman–Crippen MR) is 73.2 cm³/mol. The first-order valence-electron chi connectivity index (χ1n) is 6.58. The van der Waals surface area contributed by atoms with Crippen molar-refractivity contribution in [1.82, 2.24) is 0 Å². The minimum absolute atomic E-state index is 0.135. The largest absolute Gasteiger partial charge is 0.371 e. The van der Waals surface area contributed by atoms with E-state index in [1.807, 2.05) is 30.3 Å². The third-order valence-electron chi connectivity index (χ3n) is 3.25. The lowest BCUT2D eigenvalue weighted by atomic mass is 9.95. The molecule has 0 radical (unpaired) electrons. The fourth-order valence-electron chi connectivity index (χ4n) is 2.37. The first-order valence-corrected chi connectivity index (χ1v) is 8.40. The quantitative estimate of drug-likeness (QED) is 0.780. The van der Waals surface area contributed by atoms with Crippen molar-refractivity contribution in [2.24, 2.45) is 0 Å². The molecule has 0 saturated heterocycles. The van der Waals surface area contributed by atoms with E-state index in [0.29, 0.717) is 6.61 Å². The Hall–Kier alpha value is -0.910. The highest BCUT2D eigenvalue weighted by Gasteiger charge is 2.29. The summed E-state index contributed by atoms with van der Waals surface area (Å²) in [5.41, 5.74) is 1.09. The molecule has 19 heavy (non-hydrogen) atoms. The zero-order valence-corrected chi connectivity index (χ0v) is 11.9. The van der Waals surface area contributed by atoms with Crippen molar-refractivity contribution < 1.29 is 17.3 Å². The summed E-state index contributed by atoms with van der Waals surface area (Å²) in [5.74, 6) is 0. The number of rotatable bonds is 5. The second kappa shape index (κ2) is 6.50. The summed E-state index contributed by atoms with van der Waals surface area (Å²) in [4.78, 5) is 0. The molecule has 0 bridgehead atoms. The van der Waals surface area contributed by atoms with E-state index in [2.05, 4.69) is 0 Å². The van der Waals surface area contributed by atoms with Gasteiger partial charge in [-0.2, -0.15) is 8.42 Å². The van der Waals surface area contributed by atoms with Crippen LogP contribution >= 0.6 is 0 Å². The van der Waals surface area contributed by atoms with Crippen LogP contribution in [0.25, 0.3) is 0 Å². The maximum Gasteiger partial charge on any atom is 0.264 e. The van der Waals surface area contributed by atoms with Crippen LogP contribution in [0.5, 0.6) is 0 Å². The first-order chi connectivity index (χ1) is 9.04.